The fourth-order valence-electron chi connectivity index (χ4n) is 2.12. The summed E-state index contributed by atoms with van der Waals surface area (Å²) in [5.41, 5.74) is 5.87. The van der Waals surface area contributed by atoms with Gasteiger partial charge >= 0.3 is 0 Å². The van der Waals surface area contributed by atoms with Crippen molar-refractivity contribution in [3.05, 3.63) is 58.9 Å². The number of oxazole rings is 1. The van der Waals surface area contributed by atoms with Crippen LogP contribution >= 0.6 is 23.4 Å². The summed E-state index contributed by atoms with van der Waals surface area (Å²) in [6, 6.07) is 11.4. The summed E-state index contributed by atoms with van der Waals surface area (Å²) in [6.45, 7) is 0. The quantitative estimate of drug-likeness (QED) is 0.514. The van der Waals surface area contributed by atoms with Crippen molar-refractivity contribution >= 4 is 46.3 Å². The Morgan fingerprint density at radius 3 is 2.65 bits per heavy atom. The molecule has 0 radical (unpaired) electrons. The molecule has 134 valence electrons. The number of hydrogen-bond acceptors (Lipinski definition) is 5. The highest BCUT2D eigenvalue weighted by Crippen LogP contribution is 2.22. The van der Waals surface area contributed by atoms with E-state index >= 15 is 0 Å². The Hall–Kier alpha value is -2.58. The largest absolute Gasteiger partial charge is 0.431 e. The van der Waals surface area contributed by atoms with Gasteiger partial charge in [0.25, 0.3) is 5.22 Å². The molecule has 0 unspecified atom stereocenters. The van der Waals surface area contributed by atoms with Crippen LogP contribution in [0.4, 0.5) is 4.39 Å². The number of fused-ring (bicyclic) bond motifs is 1. The molecule has 0 saturated carbocycles. The van der Waals surface area contributed by atoms with E-state index in [2.05, 4.69) is 15.8 Å². The molecule has 2 N–H and O–H groups in total. The van der Waals surface area contributed by atoms with Crippen molar-refractivity contribution in [2.45, 2.75) is 11.6 Å². The molecule has 0 aliphatic rings. The maximum absolute atomic E-state index is 13.6. The van der Waals surface area contributed by atoms with Crippen LogP contribution in [0.5, 0.6) is 0 Å². The van der Waals surface area contributed by atoms with Crippen LogP contribution < -0.4 is 10.9 Å². The number of carbonyl (C=O) groups is 2. The maximum atomic E-state index is 13.6. The number of halogens is 2. The summed E-state index contributed by atoms with van der Waals surface area (Å²) < 4.78 is 19.1. The summed E-state index contributed by atoms with van der Waals surface area (Å²) in [4.78, 5) is 27.9. The molecule has 2 aromatic carbocycles. The van der Waals surface area contributed by atoms with Crippen LogP contribution in [0.25, 0.3) is 11.1 Å². The first-order valence-corrected chi connectivity index (χ1v) is 8.88. The van der Waals surface area contributed by atoms with Gasteiger partial charge in [0.05, 0.1) is 12.2 Å². The smallest absolute Gasteiger partial charge is 0.257 e. The Kier molecular flexibility index (Phi) is 5.75. The molecule has 1 aromatic heterocycles. The summed E-state index contributed by atoms with van der Waals surface area (Å²) in [6.07, 6.45) is -0.288. The molecular weight excluding hydrogens is 381 g/mol. The average molecular weight is 394 g/mol. The number of para-hydroxylation sites is 2. The van der Waals surface area contributed by atoms with Crippen molar-refractivity contribution in [3.63, 3.8) is 0 Å². The molecule has 0 spiro atoms. The SMILES string of the molecule is O=C(CSc1nc2ccccc2o1)NNC(=O)Cc1c(F)cccc1Cl. The number of nitrogens with one attached hydrogen (secondary N) is 2. The van der Waals surface area contributed by atoms with E-state index in [0.29, 0.717) is 16.3 Å². The van der Waals surface area contributed by atoms with Crippen LogP contribution in [0.1, 0.15) is 5.56 Å². The van der Waals surface area contributed by atoms with Gasteiger partial charge in [0.2, 0.25) is 11.8 Å². The third-order valence-corrected chi connectivity index (χ3v) is 4.52. The summed E-state index contributed by atoms with van der Waals surface area (Å²) in [5, 5.41) is 0.504. The molecule has 26 heavy (non-hydrogen) atoms. The van der Waals surface area contributed by atoms with Gasteiger partial charge in [0, 0.05) is 10.6 Å². The number of benzene rings is 2. The van der Waals surface area contributed by atoms with Crippen molar-refractivity contribution in [2.75, 3.05) is 5.75 Å². The fraction of sp³-hybridized carbons (Fsp3) is 0.118. The van der Waals surface area contributed by atoms with E-state index in [9.17, 15) is 14.0 Å². The second-order valence-electron chi connectivity index (χ2n) is 5.21. The maximum Gasteiger partial charge on any atom is 0.257 e. The summed E-state index contributed by atoms with van der Waals surface area (Å²) >= 11 is 6.95. The first-order valence-electron chi connectivity index (χ1n) is 7.52. The lowest BCUT2D eigenvalue weighted by Crippen LogP contribution is -2.43. The zero-order valence-electron chi connectivity index (χ0n) is 13.3. The van der Waals surface area contributed by atoms with Crippen LogP contribution in [-0.2, 0) is 16.0 Å². The minimum absolute atomic E-state index is 0.00639. The van der Waals surface area contributed by atoms with Gasteiger partial charge in [0.15, 0.2) is 5.58 Å². The molecule has 0 aliphatic carbocycles. The van der Waals surface area contributed by atoms with Crippen LogP contribution in [0.3, 0.4) is 0 Å². The molecule has 6 nitrogen and oxygen atoms in total. The number of amides is 2. The van der Waals surface area contributed by atoms with Crippen LogP contribution in [0.2, 0.25) is 5.02 Å². The van der Waals surface area contributed by atoms with Gasteiger partial charge in [-0.25, -0.2) is 9.37 Å². The molecule has 2 amide bonds. The minimum atomic E-state index is -0.586. The highest BCUT2D eigenvalue weighted by molar-refractivity contribution is 7.99. The molecule has 3 rings (SSSR count). The van der Waals surface area contributed by atoms with Crippen molar-refractivity contribution in [3.8, 4) is 0 Å². The van der Waals surface area contributed by atoms with Crippen molar-refractivity contribution in [1.82, 2.24) is 15.8 Å². The predicted octanol–water partition coefficient (Wildman–Crippen LogP) is 3.10. The van der Waals surface area contributed by atoms with E-state index in [-0.39, 0.29) is 22.8 Å². The number of hydrogen-bond donors (Lipinski definition) is 2. The summed E-state index contributed by atoms with van der Waals surface area (Å²) in [7, 11) is 0. The number of thioether (sulfide) groups is 1. The van der Waals surface area contributed by atoms with E-state index in [1.807, 2.05) is 12.1 Å². The lowest BCUT2D eigenvalue weighted by Gasteiger charge is -2.08. The topological polar surface area (TPSA) is 84.2 Å². The molecular formula is C17H13ClFN3O3S. The van der Waals surface area contributed by atoms with Gasteiger partial charge in [-0.05, 0) is 24.3 Å². The second-order valence-corrected chi connectivity index (χ2v) is 6.54. The Bertz CT molecular complexity index is 910. The van der Waals surface area contributed by atoms with E-state index in [0.717, 1.165) is 11.8 Å². The monoisotopic (exact) mass is 393 g/mol. The Morgan fingerprint density at radius 2 is 1.88 bits per heavy atom. The van der Waals surface area contributed by atoms with Crippen LogP contribution in [0.15, 0.2) is 52.1 Å². The van der Waals surface area contributed by atoms with Gasteiger partial charge in [0.1, 0.15) is 11.3 Å². The molecule has 9 heteroatoms. The highest BCUT2D eigenvalue weighted by atomic mass is 35.5. The molecule has 1 heterocycles. The normalized spacial score (nSPS) is 10.7. The molecule has 0 aliphatic heterocycles. The highest BCUT2D eigenvalue weighted by Gasteiger charge is 2.13. The predicted molar refractivity (Wildman–Crippen MR) is 96.1 cm³/mol. The first-order chi connectivity index (χ1) is 12.5. The minimum Gasteiger partial charge on any atom is -0.431 e. The average Bonchev–Trinajstić information content (AvgIpc) is 3.04. The molecule has 0 bridgehead atoms. The fourth-order valence-corrected chi connectivity index (χ4v) is 2.99. The van der Waals surface area contributed by atoms with Gasteiger partial charge in [-0.3, -0.25) is 20.4 Å². The second kappa shape index (κ2) is 8.20. The van der Waals surface area contributed by atoms with Crippen molar-refractivity contribution in [1.29, 1.82) is 0 Å². The zero-order chi connectivity index (χ0) is 18.5. The van der Waals surface area contributed by atoms with Crippen LogP contribution in [0, 0.1) is 5.82 Å². The molecule has 0 saturated heterocycles. The zero-order valence-corrected chi connectivity index (χ0v) is 14.9. The number of nitrogens with zero attached hydrogens (tertiary/aromatic N) is 1. The first kappa shape index (κ1) is 18.2. The summed E-state index contributed by atoms with van der Waals surface area (Å²) in [5.74, 6) is -1.62. The Morgan fingerprint density at radius 1 is 1.12 bits per heavy atom. The lowest BCUT2D eigenvalue weighted by molar-refractivity contribution is -0.127. The molecule has 0 fully saturated rings. The number of rotatable bonds is 5. The van der Waals surface area contributed by atoms with Gasteiger partial charge in [-0.2, -0.15) is 0 Å². The van der Waals surface area contributed by atoms with Crippen molar-refractivity contribution < 1.29 is 18.4 Å². The lowest BCUT2D eigenvalue weighted by atomic mass is 10.1. The Labute approximate surface area is 157 Å². The van der Waals surface area contributed by atoms with Gasteiger partial charge in [-0.15, -0.1) is 0 Å². The third-order valence-electron chi connectivity index (χ3n) is 3.34. The van der Waals surface area contributed by atoms with Crippen LogP contribution in [-0.4, -0.2) is 22.6 Å². The van der Waals surface area contributed by atoms with E-state index in [1.165, 1.54) is 18.2 Å². The van der Waals surface area contributed by atoms with E-state index < -0.39 is 17.6 Å². The number of aromatic nitrogens is 1. The number of hydrazine groups is 1. The third kappa shape index (κ3) is 4.53. The van der Waals surface area contributed by atoms with Crippen molar-refractivity contribution in [2.24, 2.45) is 0 Å². The van der Waals surface area contributed by atoms with Gasteiger partial charge < -0.3 is 4.42 Å². The van der Waals surface area contributed by atoms with E-state index in [4.69, 9.17) is 16.0 Å². The Balaban J connectivity index is 1.47. The standard InChI is InChI=1S/C17H13ClFN3O3S/c18-11-4-3-5-12(19)10(11)8-15(23)21-22-16(24)9-26-17-20-13-6-1-2-7-14(13)25-17/h1-7H,8-9H2,(H,21,23)(H,22,24). The number of carbonyl (C=O) groups excluding carboxylic acids is 2. The molecule has 0 atom stereocenters. The molecule has 3 aromatic rings. The van der Waals surface area contributed by atoms with Gasteiger partial charge in [-0.1, -0.05) is 41.6 Å². The van der Waals surface area contributed by atoms with E-state index in [1.54, 1.807) is 12.1 Å².